The Balaban J connectivity index is 2.25. The molecule has 0 radical (unpaired) electrons. The van der Waals surface area contributed by atoms with Crippen LogP contribution in [0.15, 0.2) is 24.3 Å². The number of esters is 1. The molecule has 0 unspecified atom stereocenters. The van der Waals surface area contributed by atoms with E-state index in [0.717, 1.165) is 0 Å². The molecule has 10 heteroatoms. The third-order valence-corrected chi connectivity index (χ3v) is 5.71. The van der Waals surface area contributed by atoms with E-state index < -0.39 is 41.7 Å². The molecule has 10 nitrogen and oxygen atoms in total. The van der Waals surface area contributed by atoms with Crippen LogP contribution in [0.3, 0.4) is 0 Å². The molecule has 3 amide bonds. The zero-order valence-electron chi connectivity index (χ0n) is 22.0. The van der Waals surface area contributed by atoms with Crippen molar-refractivity contribution in [2.24, 2.45) is 5.92 Å². The van der Waals surface area contributed by atoms with E-state index in [0.29, 0.717) is 31.4 Å². The molecule has 1 aromatic rings. The predicted molar refractivity (Wildman–Crippen MR) is 133 cm³/mol. The summed E-state index contributed by atoms with van der Waals surface area (Å²) in [5.41, 5.74) is -0.0700. The molecule has 36 heavy (non-hydrogen) atoms. The normalized spacial score (nSPS) is 17.3. The number of nitrogens with one attached hydrogen (secondary N) is 2. The van der Waals surface area contributed by atoms with E-state index >= 15 is 0 Å². The van der Waals surface area contributed by atoms with Crippen molar-refractivity contribution in [3.63, 3.8) is 0 Å². The Kier molecular flexibility index (Phi) is 10.1. The Morgan fingerprint density at radius 3 is 2.28 bits per heavy atom. The average molecular weight is 506 g/mol. The summed E-state index contributed by atoms with van der Waals surface area (Å²) in [6, 6.07) is 3.67. The number of carbonyl (C=O) groups excluding carboxylic acids is 4. The van der Waals surface area contributed by atoms with Gasteiger partial charge in [-0.05, 0) is 63.6 Å². The van der Waals surface area contributed by atoms with Crippen molar-refractivity contribution in [3.8, 4) is 5.75 Å². The third kappa shape index (κ3) is 8.73. The quantitative estimate of drug-likeness (QED) is 0.439. The van der Waals surface area contributed by atoms with Crippen molar-refractivity contribution in [1.82, 2.24) is 15.5 Å². The molecule has 1 aromatic carbocycles. The second-order valence-corrected chi connectivity index (χ2v) is 10.5. The van der Waals surface area contributed by atoms with Gasteiger partial charge in [0.05, 0.1) is 7.11 Å². The maximum atomic E-state index is 13.4. The van der Waals surface area contributed by atoms with Gasteiger partial charge in [0.1, 0.15) is 29.5 Å². The number of benzene rings is 1. The van der Waals surface area contributed by atoms with Crippen LogP contribution >= 0.6 is 0 Å². The number of phenols is 1. The first-order chi connectivity index (χ1) is 16.8. The van der Waals surface area contributed by atoms with Gasteiger partial charge in [0.2, 0.25) is 11.8 Å². The Morgan fingerprint density at radius 2 is 1.72 bits per heavy atom. The minimum atomic E-state index is -1.04. The van der Waals surface area contributed by atoms with Crippen LogP contribution < -0.4 is 10.6 Å². The fraction of sp³-hybridized carbons (Fsp3) is 0.615. The molecular weight excluding hydrogens is 466 g/mol. The van der Waals surface area contributed by atoms with Crippen LogP contribution in [-0.2, 0) is 30.3 Å². The van der Waals surface area contributed by atoms with Crippen LogP contribution in [0.1, 0.15) is 59.4 Å². The van der Waals surface area contributed by atoms with Crippen molar-refractivity contribution in [1.29, 1.82) is 0 Å². The van der Waals surface area contributed by atoms with Crippen molar-refractivity contribution < 1.29 is 33.8 Å². The minimum Gasteiger partial charge on any atom is -0.508 e. The second kappa shape index (κ2) is 12.6. The van der Waals surface area contributed by atoms with E-state index in [1.165, 1.54) is 24.1 Å². The van der Waals surface area contributed by atoms with Gasteiger partial charge in [0.25, 0.3) is 0 Å². The molecule has 1 aliphatic heterocycles. The smallest absolute Gasteiger partial charge is 0.408 e. The Bertz CT molecular complexity index is 924. The fourth-order valence-electron chi connectivity index (χ4n) is 4.10. The van der Waals surface area contributed by atoms with Gasteiger partial charge in [-0.25, -0.2) is 9.59 Å². The molecule has 1 heterocycles. The molecule has 0 aromatic heterocycles. The van der Waals surface area contributed by atoms with Crippen LogP contribution in [0.5, 0.6) is 5.75 Å². The Hall–Kier alpha value is -3.30. The van der Waals surface area contributed by atoms with E-state index in [9.17, 15) is 24.3 Å². The van der Waals surface area contributed by atoms with Gasteiger partial charge in [-0.15, -0.1) is 0 Å². The van der Waals surface area contributed by atoms with Crippen LogP contribution in [0.2, 0.25) is 0 Å². The number of rotatable bonds is 9. The molecule has 1 fully saturated rings. The summed E-state index contributed by atoms with van der Waals surface area (Å²) in [6.07, 6.45) is 0.871. The number of phenolic OH excluding ortho intramolecular Hbond substituents is 1. The summed E-state index contributed by atoms with van der Waals surface area (Å²) in [5.74, 6) is -1.24. The third-order valence-electron chi connectivity index (χ3n) is 5.71. The molecule has 200 valence electrons. The molecule has 0 bridgehead atoms. The number of nitrogens with zero attached hydrogens (tertiary/aromatic N) is 1. The maximum absolute atomic E-state index is 13.4. The van der Waals surface area contributed by atoms with E-state index in [1.54, 1.807) is 32.9 Å². The topological polar surface area (TPSA) is 134 Å². The molecular formula is C26H39N3O7. The zero-order valence-corrected chi connectivity index (χ0v) is 22.0. The average Bonchev–Trinajstić information content (AvgIpc) is 3.27. The van der Waals surface area contributed by atoms with Crippen molar-refractivity contribution in [2.45, 2.75) is 84.0 Å². The highest BCUT2D eigenvalue weighted by atomic mass is 16.6. The highest BCUT2D eigenvalue weighted by Crippen LogP contribution is 2.21. The molecule has 3 atom stereocenters. The highest BCUT2D eigenvalue weighted by molar-refractivity contribution is 5.93. The molecule has 2 rings (SSSR count). The minimum absolute atomic E-state index is 0.0767. The summed E-state index contributed by atoms with van der Waals surface area (Å²) in [5, 5.41) is 15.0. The monoisotopic (exact) mass is 505 g/mol. The van der Waals surface area contributed by atoms with Gasteiger partial charge in [-0.1, -0.05) is 26.0 Å². The van der Waals surface area contributed by atoms with E-state index in [2.05, 4.69) is 10.6 Å². The van der Waals surface area contributed by atoms with Gasteiger partial charge in [-0.3, -0.25) is 9.59 Å². The van der Waals surface area contributed by atoms with Crippen molar-refractivity contribution >= 4 is 23.9 Å². The first kappa shape index (κ1) is 28.9. The Morgan fingerprint density at radius 1 is 1.08 bits per heavy atom. The lowest BCUT2D eigenvalue weighted by Gasteiger charge is -2.30. The first-order valence-electron chi connectivity index (χ1n) is 12.3. The molecule has 0 aliphatic carbocycles. The Labute approximate surface area is 212 Å². The van der Waals surface area contributed by atoms with Crippen LogP contribution in [0.25, 0.3) is 0 Å². The van der Waals surface area contributed by atoms with Crippen LogP contribution in [0, 0.1) is 5.92 Å². The lowest BCUT2D eigenvalue weighted by molar-refractivity contribution is -0.152. The molecule has 1 saturated heterocycles. The van der Waals surface area contributed by atoms with E-state index in [4.69, 9.17) is 9.47 Å². The lowest BCUT2D eigenvalue weighted by Crippen LogP contribution is -2.57. The summed E-state index contributed by atoms with van der Waals surface area (Å²) in [4.78, 5) is 53.0. The lowest BCUT2D eigenvalue weighted by atomic mass is 10.0. The number of methoxy groups -OCH3 is 1. The van der Waals surface area contributed by atoms with Crippen LogP contribution in [-0.4, -0.2) is 71.3 Å². The van der Waals surface area contributed by atoms with Crippen molar-refractivity contribution in [3.05, 3.63) is 29.8 Å². The largest absolute Gasteiger partial charge is 0.508 e. The standard InChI is InChI=1S/C26H39N3O7/c1-16(2)14-20(23(32)29-13-7-8-21(29)24(33)35-6)27-22(31)19(28-25(34)36-26(3,4)5)15-17-9-11-18(30)12-10-17/h9-12,16,19-21,30H,7-8,13-15H2,1-6H3,(H,27,31)(H,28,34)/t19-,20-,21-/m0/s1. The van der Waals surface area contributed by atoms with E-state index in [-0.39, 0.29) is 24.0 Å². The molecule has 3 N–H and O–H groups in total. The summed E-state index contributed by atoms with van der Waals surface area (Å²) in [7, 11) is 1.28. The number of aromatic hydroxyl groups is 1. The summed E-state index contributed by atoms with van der Waals surface area (Å²) < 4.78 is 10.2. The first-order valence-corrected chi connectivity index (χ1v) is 12.3. The van der Waals surface area contributed by atoms with Gasteiger partial charge >= 0.3 is 12.1 Å². The van der Waals surface area contributed by atoms with Gasteiger partial charge in [0, 0.05) is 13.0 Å². The maximum Gasteiger partial charge on any atom is 0.408 e. The number of likely N-dealkylation sites (tertiary alicyclic amines) is 1. The summed E-state index contributed by atoms with van der Waals surface area (Å²) in [6.45, 7) is 9.41. The van der Waals surface area contributed by atoms with E-state index in [1.807, 2.05) is 13.8 Å². The highest BCUT2D eigenvalue weighted by Gasteiger charge is 2.39. The number of hydrogen-bond donors (Lipinski definition) is 3. The van der Waals surface area contributed by atoms with Crippen molar-refractivity contribution in [2.75, 3.05) is 13.7 Å². The number of ether oxygens (including phenoxy) is 2. The number of carbonyl (C=O) groups is 4. The summed E-state index contributed by atoms with van der Waals surface area (Å²) >= 11 is 0. The van der Waals surface area contributed by atoms with Gasteiger partial charge in [-0.2, -0.15) is 0 Å². The second-order valence-electron chi connectivity index (χ2n) is 10.5. The molecule has 1 aliphatic rings. The fourth-order valence-corrected chi connectivity index (χ4v) is 4.10. The zero-order chi connectivity index (χ0) is 27.0. The predicted octanol–water partition coefficient (Wildman–Crippen LogP) is 2.52. The van der Waals surface area contributed by atoms with Crippen LogP contribution in [0.4, 0.5) is 4.79 Å². The number of alkyl carbamates (subject to hydrolysis) is 1. The number of amides is 3. The SMILES string of the molecule is COC(=O)[C@@H]1CCCN1C(=O)[C@H](CC(C)C)NC(=O)[C@H](Cc1ccc(O)cc1)NC(=O)OC(C)(C)C. The van der Waals surface area contributed by atoms with Gasteiger partial charge < -0.3 is 30.1 Å². The molecule has 0 spiro atoms. The van der Waals surface area contributed by atoms with Gasteiger partial charge in [0.15, 0.2) is 0 Å². The number of hydrogen-bond acceptors (Lipinski definition) is 7. The molecule has 0 saturated carbocycles.